The van der Waals surface area contributed by atoms with Crippen molar-refractivity contribution in [3.05, 3.63) is 29.2 Å². The van der Waals surface area contributed by atoms with E-state index >= 15 is 0 Å². The second-order valence-electron chi connectivity index (χ2n) is 6.30. The van der Waals surface area contributed by atoms with Crippen LogP contribution in [0.5, 0.6) is 0 Å². The van der Waals surface area contributed by atoms with Gasteiger partial charge in [0.05, 0.1) is 18.0 Å². The fraction of sp³-hybridized carbons (Fsp3) is 0.562. The highest BCUT2D eigenvalue weighted by Gasteiger charge is 2.28. The summed E-state index contributed by atoms with van der Waals surface area (Å²) in [4.78, 5) is 12.5. The molecule has 9 nitrogen and oxygen atoms in total. The van der Waals surface area contributed by atoms with E-state index in [4.69, 9.17) is 4.74 Å². The summed E-state index contributed by atoms with van der Waals surface area (Å²) >= 11 is 0. The molecule has 3 rings (SSSR count). The fourth-order valence-electron chi connectivity index (χ4n) is 2.87. The van der Waals surface area contributed by atoms with Gasteiger partial charge in [-0.05, 0) is 18.9 Å². The van der Waals surface area contributed by atoms with Crippen LogP contribution >= 0.6 is 0 Å². The molecule has 0 bridgehead atoms. The van der Waals surface area contributed by atoms with Crippen molar-refractivity contribution < 1.29 is 32.5 Å². The molecule has 0 saturated carbocycles. The number of carbonyl (C=O) groups is 1. The van der Waals surface area contributed by atoms with Crippen molar-refractivity contribution >= 4 is 11.7 Å². The quantitative estimate of drug-likeness (QED) is 0.730. The smallest absolute Gasteiger partial charge is 0.374 e. The third kappa shape index (κ3) is 4.88. The van der Waals surface area contributed by atoms with Crippen molar-refractivity contribution in [1.29, 1.82) is 0 Å². The van der Waals surface area contributed by atoms with Gasteiger partial charge in [-0.1, -0.05) is 0 Å². The molecule has 1 atom stereocenters. The summed E-state index contributed by atoms with van der Waals surface area (Å²) in [5.41, 5.74) is 0.913. The number of amides is 1. The lowest BCUT2D eigenvalue weighted by Crippen LogP contribution is -2.18. The number of hydrogen-bond donors (Lipinski definition) is 2. The van der Waals surface area contributed by atoms with Crippen molar-refractivity contribution in [3.63, 3.8) is 0 Å². The Morgan fingerprint density at radius 3 is 2.86 bits per heavy atom. The molecule has 2 N–H and O–H groups in total. The number of nitrogens with one attached hydrogen (secondary N) is 1. The summed E-state index contributed by atoms with van der Waals surface area (Å²) in [6, 6.07) is 2.96. The number of halogens is 3. The predicted molar refractivity (Wildman–Crippen MR) is 89.2 cm³/mol. The number of aromatic nitrogens is 4. The normalized spacial score (nSPS) is 17.2. The Morgan fingerprint density at radius 1 is 1.43 bits per heavy atom. The average Bonchev–Trinajstić information content (AvgIpc) is 3.33. The number of aryl methyl sites for hydroxylation is 1. The number of aliphatic hydroxyl groups is 1. The minimum atomic E-state index is -4.43. The summed E-state index contributed by atoms with van der Waals surface area (Å²) in [5.74, 6) is -0.278. The second kappa shape index (κ2) is 8.29. The minimum Gasteiger partial charge on any atom is -0.374 e. The SMILES string of the molecule is Cn1nc(COCC(F)(F)F)cc1C(=O)Nc1cc([C@H]2CCCO2)nn1CO. The van der Waals surface area contributed by atoms with Crippen molar-refractivity contribution in [2.75, 3.05) is 18.5 Å². The molecule has 0 spiro atoms. The van der Waals surface area contributed by atoms with Crippen LogP contribution in [0.2, 0.25) is 0 Å². The van der Waals surface area contributed by atoms with Gasteiger partial charge in [-0.3, -0.25) is 9.48 Å². The molecule has 2 aromatic heterocycles. The van der Waals surface area contributed by atoms with Crippen LogP contribution in [0.3, 0.4) is 0 Å². The third-order valence-corrected chi connectivity index (χ3v) is 4.11. The summed E-state index contributed by atoms with van der Waals surface area (Å²) < 4.78 is 49.0. The van der Waals surface area contributed by atoms with E-state index in [1.165, 1.54) is 22.5 Å². The Morgan fingerprint density at radius 2 is 2.21 bits per heavy atom. The molecule has 2 aromatic rings. The van der Waals surface area contributed by atoms with Crippen molar-refractivity contribution in [1.82, 2.24) is 19.6 Å². The molecular weight excluding hydrogens is 383 g/mol. The largest absolute Gasteiger partial charge is 0.411 e. The Balaban J connectivity index is 1.67. The fourth-order valence-corrected chi connectivity index (χ4v) is 2.87. The number of alkyl halides is 3. The maximum atomic E-state index is 12.5. The Hall–Kier alpha value is -2.44. The lowest BCUT2D eigenvalue weighted by molar-refractivity contribution is -0.176. The molecule has 28 heavy (non-hydrogen) atoms. The van der Waals surface area contributed by atoms with Gasteiger partial charge in [0.25, 0.3) is 5.91 Å². The zero-order valence-corrected chi connectivity index (χ0v) is 15.1. The van der Waals surface area contributed by atoms with E-state index in [1.807, 2.05) is 0 Å². The van der Waals surface area contributed by atoms with Gasteiger partial charge in [0.2, 0.25) is 0 Å². The first-order valence-corrected chi connectivity index (χ1v) is 8.56. The monoisotopic (exact) mass is 403 g/mol. The van der Waals surface area contributed by atoms with Crippen LogP contribution in [0.25, 0.3) is 0 Å². The minimum absolute atomic E-state index is 0.120. The van der Waals surface area contributed by atoms with E-state index in [0.29, 0.717) is 12.3 Å². The number of anilines is 1. The number of carbonyl (C=O) groups excluding carboxylic acids is 1. The molecular formula is C16H20F3N5O4. The molecule has 3 heterocycles. The molecule has 1 fully saturated rings. The lowest BCUT2D eigenvalue weighted by Gasteiger charge is -2.06. The van der Waals surface area contributed by atoms with Crippen LogP contribution in [-0.2, 0) is 29.9 Å². The van der Waals surface area contributed by atoms with Crippen LogP contribution in [0.4, 0.5) is 19.0 Å². The van der Waals surface area contributed by atoms with Crippen LogP contribution in [-0.4, -0.2) is 50.0 Å². The molecule has 1 aliphatic heterocycles. The number of hydrogen-bond acceptors (Lipinski definition) is 6. The first-order valence-electron chi connectivity index (χ1n) is 8.56. The van der Waals surface area contributed by atoms with Gasteiger partial charge in [-0.25, -0.2) is 4.68 Å². The first kappa shape index (κ1) is 20.3. The number of nitrogens with zero attached hydrogens (tertiary/aromatic N) is 4. The van der Waals surface area contributed by atoms with Crippen molar-refractivity contribution in [2.45, 2.75) is 38.5 Å². The molecule has 0 unspecified atom stereocenters. The highest BCUT2D eigenvalue weighted by atomic mass is 19.4. The van der Waals surface area contributed by atoms with E-state index in [2.05, 4.69) is 20.3 Å². The van der Waals surface area contributed by atoms with Gasteiger partial charge in [0.15, 0.2) is 0 Å². The predicted octanol–water partition coefficient (Wildman–Crippen LogP) is 1.75. The van der Waals surface area contributed by atoms with Crippen molar-refractivity contribution in [2.24, 2.45) is 7.05 Å². The second-order valence-corrected chi connectivity index (χ2v) is 6.30. The Labute approximate surface area is 158 Å². The topological polar surface area (TPSA) is 103 Å². The lowest BCUT2D eigenvalue weighted by atomic mass is 10.2. The Kier molecular flexibility index (Phi) is 6.01. The maximum absolute atomic E-state index is 12.5. The molecule has 12 heteroatoms. The molecule has 154 valence electrons. The molecule has 1 amide bonds. The zero-order valence-electron chi connectivity index (χ0n) is 15.1. The van der Waals surface area contributed by atoms with Crippen LogP contribution in [0, 0.1) is 0 Å². The zero-order chi connectivity index (χ0) is 20.3. The average molecular weight is 403 g/mol. The van der Waals surface area contributed by atoms with E-state index in [1.54, 1.807) is 6.07 Å². The van der Waals surface area contributed by atoms with Gasteiger partial charge in [-0.15, -0.1) is 0 Å². The molecule has 0 aromatic carbocycles. The van der Waals surface area contributed by atoms with E-state index in [9.17, 15) is 23.1 Å². The maximum Gasteiger partial charge on any atom is 0.411 e. The van der Waals surface area contributed by atoms with E-state index in [-0.39, 0.29) is 29.9 Å². The number of rotatable bonds is 7. The van der Waals surface area contributed by atoms with Gasteiger partial charge in [0, 0.05) is 19.7 Å². The van der Waals surface area contributed by atoms with Crippen LogP contribution in [0.1, 0.15) is 40.8 Å². The summed E-state index contributed by atoms with van der Waals surface area (Å²) in [6.07, 6.45) is -2.90. The standard InChI is InChI=1S/C16H20F3N5O4/c1-23-12(5-10(21-23)7-27-8-16(17,18)19)15(26)20-14-6-11(22-24(14)9-25)13-3-2-4-28-13/h5-6,13,25H,2-4,7-9H2,1H3,(H,20,26)/t13-/m1/s1. The Bertz CT molecular complexity index is 827. The van der Waals surface area contributed by atoms with Crippen LogP contribution < -0.4 is 5.32 Å². The first-order chi connectivity index (χ1) is 13.3. The van der Waals surface area contributed by atoms with Gasteiger partial charge < -0.3 is 19.9 Å². The highest BCUT2D eigenvalue weighted by Crippen LogP contribution is 2.29. The molecule has 0 radical (unpaired) electrons. The third-order valence-electron chi connectivity index (χ3n) is 4.11. The number of aliphatic hydroxyl groups excluding tert-OH is 1. The van der Waals surface area contributed by atoms with E-state index < -0.39 is 25.4 Å². The van der Waals surface area contributed by atoms with Gasteiger partial charge in [0.1, 0.15) is 31.0 Å². The molecule has 1 saturated heterocycles. The number of ether oxygens (including phenoxy) is 2. The summed E-state index contributed by atoms with van der Waals surface area (Å²) in [6.45, 7) is -1.58. The summed E-state index contributed by atoms with van der Waals surface area (Å²) in [7, 11) is 1.49. The highest BCUT2D eigenvalue weighted by molar-refractivity contribution is 6.02. The van der Waals surface area contributed by atoms with E-state index in [0.717, 1.165) is 12.8 Å². The summed E-state index contributed by atoms with van der Waals surface area (Å²) in [5, 5.41) is 20.3. The van der Waals surface area contributed by atoms with Crippen LogP contribution in [0.15, 0.2) is 12.1 Å². The molecule has 0 aliphatic carbocycles. The van der Waals surface area contributed by atoms with Crippen molar-refractivity contribution in [3.8, 4) is 0 Å². The molecule has 1 aliphatic rings. The van der Waals surface area contributed by atoms with Gasteiger partial charge in [-0.2, -0.15) is 23.4 Å². The van der Waals surface area contributed by atoms with Gasteiger partial charge >= 0.3 is 6.18 Å².